The van der Waals surface area contributed by atoms with Gasteiger partial charge in [-0.2, -0.15) is 0 Å². The molecule has 0 radical (unpaired) electrons. The fraction of sp³-hybridized carbons (Fsp3) is 0. The maximum atomic E-state index is 12.3. The fourth-order valence-electron chi connectivity index (χ4n) is 0.926. The summed E-state index contributed by atoms with van der Waals surface area (Å²) in [5.41, 5.74) is -1.00. The Balaban J connectivity index is 0.00000196. The Labute approximate surface area is 135 Å². The van der Waals surface area contributed by atoms with Crippen LogP contribution in [-0.2, 0) is 0 Å². The van der Waals surface area contributed by atoms with Gasteiger partial charge in [-0.15, -0.1) is 0 Å². The summed E-state index contributed by atoms with van der Waals surface area (Å²) in [5, 5.41) is 8.51. The molecule has 0 aliphatic carbocycles. The molecule has 15 heavy (non-hydrogen) atoms. The number of carbonyl (C=O) groups is 1. The van der Waals surface area contributed by atoms with Crippen molar-refractivity contribution in [3.63, 3.8) is 0 Å². The van der Waals surface area contributed by atoms with Crippen molar-refractivity contribution < 1.29 is 74.2 Å². The molecule has 0 spiro atoms. The molecular weight excluding hydrogens is 303 g/mol. The molecule has 1 rings (SSSR count). The molecule has 1 aromatic rings. The Kier molecular flexibility index (Phi) is 6.09. The molecule has 0 bridgehead atoms. The predicted molar refractivity (Wildman–Crippen MR) is 49.8 cm³/mol. The van der Waals surface area contributed by atoms with Crippen LogP contribution in [0.15, 0.2) is 22.7 Å². The van der Waals surface area contributed by atoms with Crippen LogP contribution in [0.5, 0.6) is 0 Å². The maximum absolute atomic E-state index is 12.3. The van der Waals surface area contributed by atoms with Crippen molar-refractivity contribution in [2.24, 2.45) is 0 Å². The van der Waals surface area contributed by atoms with Crippen molar-refractivity contribution in [3.05, 3.63) is 28.2 Å². The van der Waals surface area contributed by atoms with Gasteiger partial charge < -0.3 is 18.1 Å². The minimum absolute atomic E-state index is 0. The summed E-state index contributed by atoms with van der Waals surface area (Å²) in [7, 11) is 0. The van der Waals surface area contributed by atoms with Crippen LogP contribution in [0.25, 0.3) is 0 Å². The first-order chi connectivity index (χ1) is 6.32. The number of hydrogen-bond acceptors (Lipinski definition) is 1. The van der Waals surface area contributed by atoms with Gasteiger partial charge in [-0.1, -0.05) is 33.5 Å². The fourth-order valence-corrected chi connectivity index (χ4v) is 1.56. The van der Waals surface area contributed by atoms with Crippen LogP contribution >= 0.6 is 15.9 Å². The van der Waals surface area contributed by atoms with E-state index in [2.05, 4.69) is 15.9 Å². The number of hydrogen-bond donors (Lipinski definition) is 1. The smallest absolute Gasteiger partial charge is 0.478 e. The van der Waals surface area contributed by atoms with Gasteiger partial charge in [0.25, 0.3) is 0 Å². The quantitative estimate of drug-likeness (QED) is 0.727. The van der Waals surface area contributed by atoms with Crippen LogP contribution in [0.4, 0.5) is 12.9 Å². The molecule has 0 atom stereocenters. The van der Waals surface area contributed by atoms with Gasteiger partial charge in [0.2, 0.25) is 0 Å². The third-order valence-electron chi connectivity index (χ3n) is 1.60. The summed E-state index contributed by atoms with van der Waals surface area (Å²) in [6.07, 6.45) is 0. The number of carboxylic acids is 1. The molecule has 0 aliphatic heterocycles. The molecule has 0 aromatic heterocycles. The van der Waals surface area contributed by atoms with Gasteiger partial charge in [-0.3, -0.25) is 0 Å². The summed E-state index contributed by atoms with van der Waals surface area (Å²) in [6, 6.07) is 2.62. The van der Waals surface area contributed by atoms with E-state index >= 15 is 0 Å². The van der Waals surface area contributed by atoms with Crippen molar-refractivity contribution in [2.45, 2.75) is 0 Å². The van der Waals surface area contributed by atoms with Crippen molar-refractivity contribution in [2.75, 3.05) is 0 Å². The molecule has 1 N–H and O–H groups in total. The largest absolute Gasteiger partial charge is 1.00 e. The van der Waals surface area contributed by atoms with Gasteiger partial charge in [0.1, 0.15) is 0 Å². The molecule has 76 valence electrons. The predicted octanol–water partition coefficient (Wildman–Crippen LogP) is -0.794. The second kappa shape index (κ2) is 5.83. The second-order valence-electron chi connectivity index (χ2n) is 2.62. The third kappa shape index (κ3) is 4.20. The van der Waals surface area contributed by atoms with Gasteiger partial charge in [-0.25, -0.2) is 4.79 Å². The molecule has 2 nitrogen and oxygen atoms in total. The van der Waals surface area contributed by atoms with Gasteiger partial charge in [0.05, 0.1) is 5.56 Å². The van der Waals surface area contributed by atoms with Crippen LogP contribution in [0.3, 0.4) is 0 Å². The van der Waals surface area contributed by atoms with Crippen LogP contribution < -0.4 is 56.8 Å². The monoisotopic (exact) mass is 306 g/mol. The Bertz CT molecular complexity index is 383. The third-order valence-corrected chi connectivity index (χ3v) is 2.29. The normalized spacial score (nSPS) is 10.7. The number of aromatic carboxylic acids is 1. The van der Waals surface area contributed by atoms with Crippen LogP contribution in [-0.4, -0.2) is 18.1 Å². The van der Waals surface area contributed by atoms with E-state index in [1.807, 2.05) is 0 Å². The minimum atomic E-state index is -5.11. The first-order valence-electron chi connectivity index (χ1n) is 3.55. The summed E-state index contributed by atoms with van der Waals surface area (Å²) >= 11 is 2.68. The van der Waals surface area contributed by atoms with Gasteiger partial charge in [0, 0.05) is 0 Å². The average Bonchev–Trinajstić information content (AvgIpc) is 2.01. The maximum Gasteiger partial charge on any atom is 1.00 e. The summed E-state index contributed by atoms with van der Waals surface area (Å²) in [6.45, 7) is -5.11. The van der Waals surface area contributed by atoms with Crippen molar-refractivity contribution >= 4 is 34.3 Å². The van der Waals surface area contributed by atoms with Crippen molar-refractivity contribution in [3.8, 4) is 0 Å². The summed E-state index contributed by atoms with van der Waals surface area (Å²) in [5.74, 6) is -1.26. The molecule has 1 aromatic carbocycles. The van der Waals surface area contributed by atoms with Crippen LogP contribution in [0.2, 0.25) is 0 Å². The van der Waals surface area contributed by atoms with E-state index in [0.717, 1.165) is 18.2 Å². The Morgan fingerprint density at radius 2 is 1.87 bits per heavy atom. The van der Waals surface area contributed by atoms with E-state index in [9.17, 15) is 17.7 Å². The molecule has 8 heteroatoms. The SMILES string of the molecule is O=C(O)c1ccc([B-](F)(F)F)c(Br)c1.[K+]. The zero-order chi connectivity index (χ0) is 10.9. The van der Waals surface area contributed by atoms with E-state index in [-0.39, 0.29) is 61.4 Å². The standard InChI is InChI=1S/C7H4BBrF3O2.K/c9-6-3-4(7(13)14)1-2-5(6)8(10,11)12;/h1-3H,(H,13,14);/q-1;+1. The number of halogens is 4. The Morgan fingerprint density at radius 3 is 2.20 bits per heavy atom. The molecule has 0 saturated heterocycles. The first kappa shape index (κ1) is 15.7. The van der Waals surface area contributed by atoms with E-state index < -0.39 is 18.4 Å². The first-order valence-corrected chi connectivity index (χ1v) is 4.34. The minimum Gasteiger partial charge on any atom is -0.478 e. The van der Waals surface area contributed by atoms with Crippen LogP contribution in [0.1, 0.15) is 10.4 Å². The van der Waals surface area contributed by atoms with Crippen molar-refractivity contribution in [1.82, 2.24) is 0 Å². The van der Waals surface area contributed by atoms with E-state index in [1.165, 1.54) is 0 Å². The van der Waals surface area contributed by atoms with Crippen molar-refractivity contribution in [1.29, 1.82) is 0 Å². The second-order valence-corrected chi connectivity index (χ2v) is 3.47. The number of benzene rings is 1. The van der Waals surface area contributed by atoms with Gasteiger partial charge in [-0.05, 0) is 10.5 Å². The number of carboxylic acid groups (broad SMARTS) is 1. The molecular formula is C7H4BBrF3KO2. The van der Waals surface area contributed by atoms with E-state index in [4.69, 9.17) is 5.11 Å². The molecule has 0 amide bonds. The molecule has 0 unspecified atom stereocenters. The molecule has 0 fully saturated rings. The molecule has 0 heterocycles. The zero-order valence-electron chi connectivity index (χ0n) is 7.68. The van der Waals surface area contributed by atoms with E-state index in [1.54, 1.807) is 0 Å². The Hall–Kier alpha value is 0.661. The van der Waals surface area contributed by atoms with Gasteiger partial charge >= 0.3 is 64.3 Å². The molecule has 0 aliphatic rings. The summed E-state index contributed by atoms with van der Waals surface area (Å²) in [4.78, 5) is 10.4. The number of rotatable bonds is 2. The summed E-state index contributed by atoms with van der Waals surface area (Å²) < 4.78 is 36.6. The Morgan fingerprint density at radius 1 is 1.33 bits per heavy atom. The zero-order valence-corrected chi connectivity index (χ0v) is 12.4. The van der Waals surface area contributed by atoms with E-state index in [0.29, 0.717) is 0 Å². The van der Waals surface area contributed by atoms with Crippen LogP contribution in [0, 0.1) is 0 Å². The average molecular weight is 307 g/mol. The molecule has 0 saturated carbocycles. The topological polar surface area (TPSA) is 37.3 Å². The van der Waals surface area contributed by atoms with Gasteiger partial charge in [0.15, 0.2) is 0 Å².